The standard InChI is InChI=1S/C21H21BrN2O3/c1-5-27-20-12-18(22)15(11-19(20)26-4)10-17-14(3)23-24(21(17)25)16-8-6-7-13(2)9-16/h6-12H,5H2,1-4H3/b17-10+. The summed E-state index contributed by atoms with van der Waals surface area (Å²) in [7, 11) is 1.59. The van der Waals surface area contributed by atoms with Gasteiger partial charge in [0, 0.05) is 4.47 Å². The summed E-state index contributed by atoms with van der Waals surface area (Å²) in [5.41, 5.74) is 3.86. The molecule has 3 rings (SSSR count). The van der Waals surface area contributed by atoms with E-state index in [-0.39, 0.29) is 5.91 Å². The van der Waals surface area contributed by atoms with Gasteiger partial charge in [-0.2, -0.15) is 10.1 Å². The van der Waals surface area contributed by atoms with Crippen LogP contribution in [-0.2, 0) is 4.79 Å². The highest BCUT2D eigenvalue weighted by Crippen LogP contribution is 2.35. The van der Waals surface area contributed by atoms with Crippen molar-refractivity contribution in [1.29, 1.82) is 0 Å². The quantitative estimate of drug-likeness (QED) is 0.631. The number of aryl methyl sites for hydroxylation is 1. The molecule has 0 spiro atoms. The van der Waals surface area contributed by atoms with Crippen molar-refractivity contribution in [2.24, 2.45) is 5.10 Å². The number of hydrogen-bond acceptors (Lipinski definition) is 4. The van der Waals surface area contributed by atoms with Gasteiger partial charge in [0.25, 0.3) is 5.91 Å². The lowest BCUT2D eigenvalue weighted by molar-refractivity contribution is -0.114. The van der Waals surface area contributed by atoms with Crippen molar-refractivity contribution in [1.82, 2.24) is 0 Å². The fourth-order valence-electron chi connectivity index (χ4n) is 2.86. The maximum absolute atomic E-state index is 12.9. The van der Waals surface area contributed by atoms with E-state index >= 15 is 0 Å². The van der Waals surface area contributed by atoms with E-state index in [2.05, 4.69) is 21.0 Å². The Labute approximate surface area is 167 Å². The maximum atomic E-state index is 12.9. The number of amides is 1. The highest BCUT2D eigenvalue weighted by Gasteiger charge is 2.29. The summed E-state index contributed by atoms with van der Waals surface area (Å²) in [4.78, 5) is 12.9. The third-order valence-electron chi connectivity index (χ3n) is 4.19. The van der Waals surface area contributed by atoms with Crippen molar-refractivity contribution in [2.75, 3.05) is 18.7 Å². The molecule has 0 fully saturated rings. The predicted molar refractivity (Wildman–Crippen MR) is 112 cm³/mol. The average molecular weight is 429 g/mol. The Bertz CT molecular complexity index is 950. The summed E-state index contributed by atoms with van der Waals surface area (Å²) < 4.78 is 11.8. The summed E-state index contributed by atoms with van der Waals surface area (Å²) in [5.74, 6) is 1.11. The molecule has 0 bridgehead atoms. The summed E-state index contributed by atoms with van der Waals surface area (Å²) in [6.07, 6.45) is 1.82. The molecule has 2 aromatic rings. The Morgan fingerprint density at radius 1 is 1.19 bits per heavy atom. The van der Waals surface area contributed by atoms with Crippen molar-refractivity contribution in [3.05, 3.63) is 57.6 Å². The van der Waals surface area contributed by atoms with Crippen molar-refractivity contribution < 1.29 is 14.3 Å². The number of hydrogen-bond donors (Lipinski definition) is 0. The smallest absolute Gasteiger partial charge is 0.280 e. The van der Waals surface area contributed by atoms with Gasteiger partial charge in [0.05, 0.1) is 30.7 Å². The lowest BCUT2D eigenvalue weighted by Crippen LogP contribution is -2.21. The van der Waals surface area contributed by atoms with Gasteiger partial charge < -0.3 is 9.47 Å². The number of methoxy groups -OCH3 is 1. The van der Waals surface area contributed by atoms with Gasteiger partial charge in [0.15, 0.2) is 11.5 Å². The molecule has 0 aliphatic carbocycles. The molecule has 5 nitrogen and oxygen atoms in total. The number of carbonyl (C=O) groups is 1. The minimum absolute atomic E-state index is 0.155. The number of benzene rings is 2. The minimum atomic E-state index is -0.155. The highest BCUT2D eigenvalue weighted by molar-refractivity contribution is 9.10. The summed E-state index contributed by atoms with van der Waals surface area (Å²) in [6, 6.07) is 11.4. The van der Waals surface area contributed by atoms with Crippen molar-refractivity contribution in [3.8, 4) is 11.5 Å². The number of rotatable bonds is 5. The van der Waals surface area contributed by atoms with E-state index in [0.29, 0.717) is 29.4 Å². The molecular weight excluding hydrogens is 408 g/mol. The Morgan fingerprint density at radius 3 is 2.63 bits per heavy atom. The van der Waals surface area contributed by atoms with Crippen LogP contribution in [-0.4, -0.2) is 25.3 Å². The molecule has 0 saturated heterocycles. The van der Waals surface area contributed by atoms with E-state index in [1.807, 2.05) is 63.2 Å². The Morgan fingerprint density at radius 2 is 1.96 bits per heavy atom. The van der Waals surface area contributed by atoms with Crippen LogP contribution in [0, 0.1) is 6.92 Å². The third-order valence-corrected chi connectivity index (χ3v) is 4.88. The summed E-state index contributed by atoms with van der Waals surface area (Å²) in [5, 5.41) is 5.88. The van der Waals surface area contributed by atoms with Crippen LogP contribution in [0.4, 0.5) is 5.69 Å². The lowest BCUT2D eigenvalue weighted by atomic mass is 10.1. The molecule has 140 valence electrons. The molecule has 1 amide bonds. The van der Waals surface area contributed by atoms with E-state index < -0.39 is 0 Å². The maximum Gasteiger partial charge on any atom is 0.280 e. The van der Waals surface area contributed by atoms with E-state index in [4.69, 9.17) is 9.47 Å². The van der Waals surface area contributed by atoms with E-state index in [0.717, 1.165) is 21.3 Å². The van der Waals surface area contributed by atoms with E-state index in [9.17, 15) is 4.79 Å². The molecule has 1 heterocycles. The molecule has 0 saturated carbocycles. The second kappa shape index (κ2) is 7.96. The van der Waals surface area contributed by atoms with E-state index in [1.165, 1.54) is 5.01 Å². The van der Waals surface area contributed by atoms with Crippen molar-refractivity contribution in [2.45, 2.75) is 20.8 Å². The molecule has 0 unspecified atom stereocenters. The topological polar surface area (TPSA) is 51.1 Å². The second-order valence-electron chi connectivity index (χ2n) is 6.16. The average Bonchev–Trinajstić information content (AvgIpc) is 2.92. The van der Waals surface area contributed by atoms with Gasteiger partial charge in [-0.1, -0.05) is 28.1 Å². The third kappa shape index (κ3) is 3.90. The van der Waals surface area contributed by atoms with Gasteiger partial charge in [-0.25, -0.2) is 0 Å². The van der Waals surface area contributed by atoms with Crippen molar-refractivity contribution >= 4 is 39.3 Å². The molecule has 2 aromatic carbocycles. The summed E-state index contributed by atoms with van der Waals surface area (Å²) >= 11 is 3.55. The van der Waals surface area contributed by atoms with Crippen LogP contribution in [0.3, 0.4) is 0 Å². The SMILES string of the molecule is CCOc1cc(Br)c(/C=C2/C(=O)N(c3cccc(C)c3)N=C2C)cc1OC. The molecule has 27 heavy (non-hydrogen) atoms. The fraction of sp³-hybridized carbons (Fsp3) is 0.238. The van der Waals surface area contributed by atoms with Gasteiger partial charge in [0.2, 0.25) is 0 Å². The second-order valence-corrected chi connectivity index (χ2v) is 7.01. The zero-order valence-electron chi connectivity index (χ0n) is 15.7. The van der Waals surface area contributed by atoms with Gasteiger partial charge in [-0.15, -0.1) is 0 Å². The zero-order chi connectivity index (χ0) is 19.6. The minimum Gasteiger partial charge on any atom is -0.493 e. The Hall–Kier alpha value is -2.60. The number of hydrazone groups is 1. The molecule has 0 radical (unpaired) electrons. The lowest BCUT2D eigenvalue weighted by Gasteiger charge is -2.13. The van der Waals surface area contributed by atoms with Crippen LogP contribution >= 0.6 is 15.9 Å². The van der Waals surface area contributed by atoms with E-state index in [1.54, 1.807) is 7.11 Å². The zero-order valence-corrected chi connectivity index (χ0v) is 17.3. The van der Waals surface area contributed by atoms with Gasteiger partial charge >= 0.3 is 0 Å². The first-order chi connectivity index (χ1) is 12.9. The first-order valence-corrected chi connectivity index (χ1v) is 9.42. The predicted octanol–water partition coefficient (Wildman–Crippen LogP) is 4.97. The molecular formula is C21H21BrN2O3. The number of ether oxygens (including phenoxy) is 2. The number of halogens is 1. The molecule has 6 heteroatoms. The molecule has 0 N–H and O–H groups in total. The van der Waals surface area contributed by atoms with Crippen LogP contribution in [0.5, 0.6) is 11.5 Å². The van der Waals surface area contributed by atoms with Crippen LogP contribution in [0.2, 0.25) is 0 Å². The monoisotopic (exact) mass is 428 g/mol. The number of carbonyl (C=O) groups excluding carboxylic acids is 1. The van der Waals surface area contributed by atoms with Crippen LogP contribution < -0.4 is 14.5 Å². The number of anilines is 1. The van der Waals surface area contributed by atoms with Gasteiger partial charge in [-0.3, -0.25) is 4.79 Å². The normalized spacial score (nSPS) is 15.3. The summed E-state index contributed by atoms with van der Waals surface area (Å²) in [6.45, 7) is 6.28. The molecule has 0 aromatic heterocycles. The first-order valence-electron chi connectivity index (χ1n) is 8.63. The van der Waals surface area contributed by atoms with Crippen molar-refractivity contribution in [3.63, 3.8) is 0 Å². The first kappa shape index (κ1) is 19.2. The van der Waals surface area contributed by atoms with Crippen LogP contribution in [0.1, 0.15) is 25.0 Å². The molecule has 1 aliphatic rings. The fourth-order valence-corrected chi connectivity index (χ4v) is 3.30. The van der Waals surface area contributed by atoms with Crippen LogP contribution in [0.25, 0.3) is 6.08 Å². The molecule has 0 atom stereocenters. The van der Waals surface area contributed by atoms with Gasteiger partial charge in [-0.05, 0) is 62.2 Å². The Kier molecular flexibility index (Phi) is 5.65. The highest BCUT2D eigenvalue weighted by atomic mass is 79.9. The largest absolute Gasteiger partial charge is 0.493 e. The Balaban J connectivity index is 1.98. The van der Waals surface area contributed by atoms with Crippen LogP contribution in [0.15, 0.2) is 51.5 Å². The number of nitrogens with zero attached hydrogens (tertiary/aromatic N) is 2. The molecule has 1 aliphatic heterocycles. The van der Waals surface area contributed by atoms with Gasteiger partial charge in [0.1, 0.15) is 0 Å².